The lowest BCUT2D eigenvalue weighted by Crippen LogP contribution is -2.19. The SMILES string of the molecule is Cn1cc(Cl)cc(NO)c1=O. The molecule has 0 aliphatic heterocycles. The van der Waals surface area contributed by atoms with Crippen molar-refractivity contribution >= 4 is 17.3 Å². The summed E-state index contributed by atoms with van der Waals surface area (Å²) in [5.41, 5.74) is 1.51. The van der Waals surface area contributed by atoms with Gasteiger partial charge in [0.15, 0.2) is 0 Å². The van der Waals surface area contributed by atoms with Gasteiger partial charge in [0.1, 0.15) is 5.69 Å². The van der Waals surface area contributed by atoms with E-state index in [9.17, 15) is 4.79 Å². The van der Waals surface area contributed by atoms with Crippen LogP contribution in [0.3, 0.4) is 0 Å². The van der Waals surface area contributed by atoms with Gasteiger partial charge in [0.05, 0.1) is 5.02 Å². The summed E-state index contributed by atoms with van der Waals surface area (Å²) in [6.45, 7) is 0. The van der Waals surface area contributed by atoms with E-state index in [1.165, 1.54) is 16.8 Å². The van der Waals surface area contributed by atoms with Gasteiger partial charge in [0, 0.05) is 13.2 Å². The Labute approximate surface area is 68.0 Å². The standard InChI is InChI=1S/C6H7ClN2O2/c1-9-3-4(7)2-5(8-11)6(9)10/h2-3,8,11H,1H3. The van der Waals surface area contributed by atoms with Gasteiger partial charge in [-0.05, 0) is 6.07 Å². The first-order chi connectivity index (χ1) is 5.15. The van der Waals surface area contributed by atoms with E-state index in [-0.39, 0.29) is 11.2 Å². The summed E-state index contributed by atoms with van der Waals surface area (Å²) in [6, 6.07) is 1.35. The predicted molar refractivity (Wildman–Crippen MR) is 42.1 cm³/mol. The predicted octanol–water partition coefficient (Wildman–Crippen LogP) is 0.840. The van der Waals surface area contributed by atoms with Gasteiger partial charge in [-0.15, -0.1) is 0 Å². The lowest BCUT2D eigenvalue weighted by molar-refractivity contribution is 0.387. The van der Waals surface area contributed by atoms with E-state index < -0.39 is 0 Å². The maximum Gasteiger partial charge on any atom is 0.276 e. The maximum atomic E-state index is 11.0. The second-order valence-electron chi connectivity index (χ2n) is 2.10. The Morgan fingerprint density at radius 3 is 2.91 bits per heavy atom. The van der Waals surface area contributed by atoms with Crippen LogP contribution in [-0.4, -0.2) is 9.77 Å². The highest BCUT2D eigenvalue weighted by atomic mass is 35.5. The maximum absolute atomic E-state index is 11.0. The summed E-state index contributed by atoms with van der Waals surface area (Å²) in [5.74, 6) is 0. The quantitative estimate of drug-likeness (QED) is 0.621. The van der Waals surface area contributed by atoms with Crippen LogP contribution in [0.1, 0.15) is 0 Å². The van der Waals surface area contributed by atoms with Gasteiger partial charge >= 0.3 is 0 Å². The Hall–Kier alpha value is -1.00. The number of aryl methyl sites for hydroxylation is 1. The molecule has 0 fully saturated rings. The Balaban J connectivity index is 3.37. The number of aromatic nitrogens is 1. The van der Waals surface area contributed by atoms with Crippen molar-refractivity contribution in [1.29, 1.82) is 0 Å². The molecule has 1 aromatic heterocycles. The Morgan fingerprint density at radius 2 is 2.36 bits per heavy atom. The number of hydrogen-bond donors (Lipinski definition) is 2. The average Bonchev–Trinajstić information content (AvgIpc) is 1.96. The third kappa shape index (κ3) is 1.53. The number of nitrogens with one attached hydrogen (secondary N) is 1. The van der Waals surface area contributed by atoms with Crippen molar-refractivity contribution < 1.29 is 5.21 Å². The second-order valence-corrected chi connectivity index (χ2v) is 2.54. The Morgan fingerprint density at radius 1 is 1.73 bits per heavy atom. The summed E-state index contributed by atoms with van der Waals surface area (Å²) >= 11 is 5.59. The molecular weight excluding hydrogens is 168 g/mol. The summed E-state index contributed by atoms with van der Waals surface area (Å²) in [5, 5.41) is 8.84. The fourth-order valence-electron chi connectivity index (χ4n) is 0.751. The number of hydrogen-bond acceptors (Lipinski definition) is 3. The minimum atomic E-state index is -0.322. The van der Waals surface area contributed by atoms with Crippen LogP contribution in [0.4, 0.5) is 5.69 Å². The molecule has 0 bridgehead atoms. The van der Waals surface area contributed by atoms with Crippen LogP contribution in [0, 0.1) is 0 Å². The highest BCUT2D eigenvalue weighted by Gasteiger charge is 2.00. The molecule has 0 aliphatic rings. The largest absolute Gasteiger partial charge is 0.315 e. The van der Waals surface area contributed by atoms with Gasteiger partial charge in [-0.25, -0.2) is 0 Å². The molecule has 1 aromatic rings. The second kappa shape index (κ2) is 2.94. The van der Waals surface area contributed by atoms with Crippen LogP contribution in [0.25, 0.3) is 0 Å². The third-order valence-electron chi connectivity index (χ3n) is 1.27. The topological polar surface area (TPSA) is 54.3 Å². The first kappa shape index (κ1) is 8.10. The average molecular weight is 175 g/mol. The Kier molecular flexibility index (Phi) is 2.16. The van der Waals surface area contributed by atoms with Crippen LogP contribution in [0.5, 0.6) is 0 Å². The number of rotatable bonds is 1. The number of pyridine rings is 1. The fourth-order valence-corrected chi connectivity index (χ4v) is 1.01. The molecule has 0 spiro atoms. The number of nitrogens with zero attached hydrogens (tertiary/aromatic N) is 1. The molecule has 0 radical (unpaired) electrons. The monoisotopic (exact) mass is 174 g/mol. The molecule has 60 valence electrons. The molecule has 0 aliphatic carbocycles. The normalized spacial score (nSPS) is 9.73. The third-order valence-corrected chi connectivity index (χ3v) is 1.48. The molecule has 0 amide bonds. The molecule has 0 saturated carbocycles. The zero-order valence-corrected chi connectivity index (χ0v) is 6.59. The van der Waals surface area contributed by atoms with E-state index in [1.54, 1.807) is 12.5 Å². The smallest absolute Gasteiger partial charge is 0.276 e. The highest BCUT2D eigenvalue weighted by molar-refractivity contribution is 6.30. The molecule has 0 atom stereocenters. The first-order valence-corrected chi connectivity index (χ1v) is 3.29. The molecule has 11 heavy (non-hydrogen) atoms. The molecule has 5 heteroatoms. The number of halogens is 1. The van der Waals surface area contributed by atoms with Gasteiger partial charge in [-0.1, -0.05) is 11.6 Å². The summed E-state index contributed by atoms with van der Waals surface area (Å²) in [7, 11) is 1.55. The van der Waals surface area contributed by atoms with Gasteiger partial charge in [-0.2, -0.15) is 0 Å². The van der Waals surface area contributed by atoms with Crippen LogP contribution < -0.4 is 11.0 Å². The van der Waals surface area contributed by atoms with Crippen molar-refractivity contribution in [3.05, 3.63) is 27.6 Å². The van der Waals surface area contributed by atoms with Crippen LogP contribution in [0.2, 0.25) is 5.02 Å². The fraction of sp³-hybridized carbons (Fsp3) is 0.167. The lowest BCUT2D eigenvalue weighted by atomic mass is 10.4. The van der Waals surface area contributed by atoms with E-state index in [0.717, 1.165) is 0 Å². The molecule has 0 saturated heterocycles. The zero-order chi connectivity index (χ0) is 8.43. The van der Waals surface area contributed by atoms with Crippen molar-refractivity contribution in [3.63, 3.8) is 0 Å². The van der Waals surface area contributed by atoms with Crippen molar-refractivity contribution in [2.45, 2.75) is 0 Å². The van der Waals surface area contributed by atoms with Gasteiger partial charge in [0.2, 0.25) is 0 Å². The van der Waals surface area contributed by atoms with Crippen molar-refractivity contribution in [3.8, 4) is 0 Å². The van der Waals surface area contributed by atoms with E-state index in [1.807, 2.05) is 0 Å². The molecule has 1 heterocycles. The molecule has 0 aromatic carbocycles. The number of anilines is 1. The first-order valence-electron chi connectivity index (χ1n) is 2.91. The van der Waals surface area contributed by atoms with Crippen LogP contribution in [0.15, 0.2) is 17.1 Å². The van der Waals surface area contributed by atoms with E-state index in [0.29, 0.717) is 5.02 Å². The van der Waals surface area contributed by atoms with Gasteiger partial charge in [-0.3, -0.25) is 15.5 Å². The molecule has 0 unspecified atom stereocenters. The van der Waals surface area contributed by atoms with E-state index in [4.69, 9.17) is 16.8 Å². The minimum absolute atomic E-state index is 0.0694. The summed E-state index contributed by atoms with van der Waals surface area (Å²) < 4.78 is 1.28. The zero-order valence-electron chi connectivity index (χ0n) is 5.84. The van der Waals surface area contributed by atoms with Gasteiger partial charge in [0.25, 0.3) is 5.56 Å². The lowest BCUT2D eigenvalue weighted by Gasteiger charge is -2.01. The van der Waals surface area contributed by atoms with Crippen molar-refractivity contribution in [2.24, 2.45) is 7.05 Å². The molecule has 2 N–H and O–H groups in total. The van der Waals surface area contributed by atoms with E-state index >= 15 is 0 Å². The van der Waals surface area contributed by atoms with Crippen molar-refractivity contribution in [2.75, 3.05) is 5.48 Å². The van der Waals surface area contributed by atoms with E-state index in [2.05, 4.69) is 0 Å². The highest BCUT2D eigenvalue weighted by Crippen LogP contribution is 2.08. The minimum Gasteiger partial charge on any atom is -0.315 e. The van der Waals surface area contributed by atoms with Gasteiger partial charge < -0.3 is 4.57 Å². The van der Waals surface area contributed by atoms with Crippen molar-refractivity contribution in [1.82, 2.24) is 4.57 Å². The van der Waals surface area contributed by atoms with Crippen LogP contribution >= 0.6 is 11.6 Å². The summed E-state index contributed by atoms with van der Waals surface area (Å²) in [6.07, 6.45) is 1.46. The van der Waals surface area contributed by atoms with Crippen LogP contribution in [-0.2, 0) is 7.05 Å². The Bertz CT molecular complexity index is 321. The molecule has 1 rings (SSSR count). The summed E-state index contributed by atoms with van der Waals surface area (Å²) in [4.78, 5) is 11.0. The molecular formula is C6H7ClN2O2. The molecule has 4 nitrogen and oxygen atoms in total.